The summed E-state index contributed by atoms with van der Waals surface area (Å²) in [7, 11) is 1.71. The fourth-order valence-electron chi connectivity index (χ4n) is 1.64. The summed E-state index contributed by atoms with van der Waals surface area (Å²) in [6.07, 6.45) is 4.02. The number of hydrogen-bond acceptors (Lipinski definition) is 3. The van der Waals surface area contributed by atoms with Crippen LogP contribution in [0, 0.1) is 0 Å². The summed E-state index contributed by atoms with van der Waals surface area (Å²) < 4.78 is 1.57. The van der Waals surface area contributed by atoms with Crippen molar-refractivity contribution in [1.82, 2.24) is 9.55 Å². The summed E-state index contributed by atoms with van der Waals surface area (Å²) >= 11 is 5.74. The normalized spacial score (nSPS) is 19.1. The van der Waals surface area contributed by atoms with Crippen molar-refractivity contribution in [2.45, 2.75) is 24.8 Å². The Balaban J connectivity index is 2.31. The van der Waals surface area contributed by atoms with Gasteiger partial charge in [0.05, 0.1) is 11.7 Å². The van der Waals surface area contributed by atoms with Gasteiger partial charge in [-0.2, -0.15) is 0 Å². The third-order valence-electron chi connectivity index (χ3n) is 2.86. The van der Waals surface area contributed by atoms with Crippen molar-refractivity contribution in [2.24, 2.45) is 12.8 Å². The van der Waals surface area contributed by atoms with E-state index in [0.717, 1.165) is 19.3 Å². The molecule has 5 heteroatoms. The van der Waals surface area contributed by atoms with Crippen LogP contribution in [0.5, 0.6) is 0 Å². The SMILES string of the molecule is Cn1c(C(=O)C2(N)CCC2)cnc1Cl. The fraction of sp³-hybridized carbons (Fsp3) is 0.556. The molecule has 1 fully saturated rings. The number of nitrogens with zero attached hydrogens (tertiary/aromatic N) is 2. The minimum absolute atomic E-state index is 0.0503. The van der Waals surface area contributed by atoms with E-state index in [4.69, 9.17) is 17.3 Å². The molecular formula is C9H12ClN3O. The van der Waals surface area contributed by atoms with Crippen LogP contribution in [0.15, 0.2) is 6.20 Å². The first-order valence-corrected chi connectivity index (χ1v) is 4.93. The maximum absolute atomic E-state index is 11.9. The number of aromatic nitrogens is 2. The number of halogens is 1. The van der Waals surface area contributed by atoms with E-state index < -0.39 is 5.54 Å². The molecule has 0 amide bonds. The molecule has 4 nitrogen and oxygen atoms in total. The Morgan fingerprint density at radius 1 is 1.71 bits per heavy atom. The monoisotopic (exact) mass is 213 g/mol. The number of carbonyl (C=O) groups excluding carboxylic acids is 1. The number of nitrogens with two attached hydrogens (primary N) is 1. The molecule has 0 bridgehead atoms. The highest BCUT2D eigenvalue weighted by molar-refractivity contribution is 6.28. The van der Waals surface area contributed by atoms with Crippen molar-refractivity contribution < 1.29 is 4.79 Å². The average Bonchev–Trinajstić information content (AvgIpc) is 2.43. The first-order chi connectivity index (χ1) is 6.54. The molecular weight excluding hydrogens is 202 g/mol. The molecule has 0 aromatic carbocycles. The van der Waals surface area contributed by atoms with Crippen LogP contribution >= 0.6 is 11.6 Å². The van der Waals surface area contributed by atoms with Gasteiger partial charge in [0.25, 0.3) is 0 Å². The van der Waals surface area contributed by atoms with Gasteiger partial charge in [0, 0.05) is 7.05 Å². The van der Waals surface area contributed by atoms with Crippen LogP contribution in [0.3, 0.4) is 0 Å². The molecule has 2 rings (SSSR count). The van der Waals surface area contributed by atoms with Gasteiger partial charge >= 0.3 is 0 Å². The van der Waals surface area contributed by atoms with E-state index in [2.05, 4.69) is 4.98 Å². The second kappa shape index (κ2) is 3.07. The van der Waals surface area contributed by atoms with Crippen LogP contribution in [-0.4, -0.2) is 20.9 Å². The van der Waals surface area contributed by atoms with Crippen LogP contribution < -0.4 is 5.73 Å². The van der Waals surface area contributed by atoms with E-state index in [1.807, 2.05) is 0 Å². The van der Waals surface area contributed by atoms with Crippen molar-refractivity contribution in [3.8, 4) is 0 Å². The van der Waals surface area contributed by atoms with Crippen molar-refractivity contribution in [1.29, 1.82) is 0 Å². The second-order valence-electron chi connectivity index (χ2n) is 3.81. The lowest BCUT2D eigenvalue weighted by atomic mass is 9.74. The fourth-order valence-corrected chi connectivity index (χ4v) is 1.78. The maximum atomic E-state index is 11.9. The largest absolute Gasteiger partial charge is 0.319 e. The zero-order chi connectivity index (χ0) is 10.3. The average molecular weight is 214 g/mol. The van der Waals surface area contributed by atoms with E-state index in [1.54, 1.807) is 11.6 Å². The third-order valence-corrected chi connectivity index (χ3v) is 3.21. The summed E-state index contributed by atoms with van der Waals surface area (Å²) in [4.78, 5) is 15.8. The molecule has 1 aliphatic rings. The van der Waals surface area contributed by atoms with Gasteiger partial charge in [0.1, 0.15) is 5.69 Å². The molecule has 1 aromatic heterocycles. The molecule has 14 heavy (non-hydrogen) atoms. The number of hydrogen-bond donors (Lipinski definition) is 1. The highest BCUT2D eigenvalue weighted by Gasteiger charge is 2.41. The molecule has 1 saturated carbocycles. The molecule has 0 radical (unpaired) electrons. The standard InChI is InChI=1S/C9H12ClN3O/c1-13-6(5-12-8(13)10)7(14)9(11)3-2-4-9/h5H,2-4,11H2,1H3. The molecule has 0 aliphatic heterocycles. The number of rotatable bonds is 2. The molecule has 1 aliphatic carbocycles. The summed E-state index contributed by atoms with van der Waals surface area (Å²) in [5, 5.41) is 0.316. The molecule has 0 spiro atoms. The Kier molecular flexibility index (Phi) is 2.12. The van der Waals surface area contributed by atoms with Crippen LogP contribution in [-0.2, 0) is 7.05 Å². The summed E-state index contributed by atoms with van der Waals surface area (Å²) in [5.74, 6) is -0.0503. The Morgan fingerprint density at radius 3 is 2.71 bits per heavy atom. The lowest BCUT2D eigenvalue weighted by Crippen LogP contribution is -2.54. The Morgan fingerprint density at radius 2 is 2.36 bits per heavy atom. The van der Waals surface area contributed by atoms with Gasteiger partial charge in [0.2, 0.25) is 11.1 Å². The van der Waals surface area contributed by atoms with Crippen LogP contribution in [0.4, 0.5) is 0 Å². The second-order valence-corrected chi connectivity index (χ2v) is 4.15. The van der Waals surface area contributed by atoms with Crippen LogP contribution in [0.25, 0.3) is 0 Å². The van der Waals surface area contributed by atoms with E-state index >= 15 is 0 Å². The summed E-state index contributed by atoms with van der Waals surface area (Å²) in [6, 6.07) is 0. The van der Waals surface area contributed by atoms with Crippen molar-refractivity contribution in [3.05, 3.63) is 17.2 Å². The Hall–Kier alpha value is -0.870. The summed E-state index contributed by atoms with van der Waals surface area (Å²) in [5.41, 5.74) is 5.75. The molecule has 0 saturated heterocycles. The first-order valence-electron chi connectivity index (χ1n) is 4.55. The molecule has 2 N–H and O–H groups in total. The zero-order valence-corrected chi connectivity index (χ0v) is 8.71. The van der Waals surface area contributed by atoms with Gasteiger partial charge in [-0.15, -0.1) is 0 Å². The third kappa shape index (κ3) is 1.26. The molecule has 1 heterocycles. The van der Waals surface area contributed by atoms with Crippen LogP contribution in [0.1, 0.15) is 29.8 Å². The van der Waals surface area contributed by atoms with E-state index in [1.165, 1.54) is 6.20 Å². The van der Waals surface area contributed by atoms with Gasteiger partial charge in [-0.05, 0) is 30.9 Å². The van der Waals surface area contributed by atoms with Crippen molar-refractivity contribution in [3.63, 3.8) is 0 Å². The quantitative estimate of drug-likeness (QED) is 0.750. The molecule has 1 aromatic rings. The van der Waals surface area contributed by atoms with E-state index in [0.29, 0.717) is 11.0 Å². The smallest absolute Gasteiger partial charge is 0.202 e. The molecule has 0 unspecified atom stereocenters. The van der Waals surface area contributed by atoms with Crippen molar-refractivity contribution in [2.75, 3.05) is 0 Å². The van der Waals surface area contributed by atoms with Gasteiger partial charge in [-0.25, -0.2) is 4.98 Å². The van der Waals surface area contributed by atoms with Crippen LogP contribution in [0.2, 0.25) is 5.28 Å². The predicted octanol–water partition coefficient (Wildman–Crippen LogP) is 1.14. The number of ketones is 1. The van der Waals surface area contributed by atoms with E-state index in [-0.39, 0.29) is 5.78 Å². The lowest BCUT2D eigenvalue weighted by Gasteiger charge is -2.36. The van der Waals surface area contributed by atoms with Gasteiger partial charge < -0.3 is 10.3 Å². The molecule has 76 valence electrons. The Labute approximate surface area is 87.1 Å². The number of carbonyl (C=O) groups is 1. The van der Waals surface area contributed by atoms with E-state index in [9.17, 15) is 4.79 Å². The number of Topliss-reactive ketones (excluding diaryl/α,β-unsaturated/α-hetero) is 1. The first kappa shape index (κ1) is 9.68. The van der Waals surface area contributed by atoms with Gasteiger partial charge in [-0.1, -0.05) is 0 Å². The highest BCUT2D eigenvalue weighted by atomic mass is 35.5. The predicted molar refractivity (Wildman–Crippen MR) is 53.3 cm³/mol. The molecule has 0 atom stereocenters. The zero-order valence-electron chi connectivity index (χ0n) is 7.96. The van der Waals surface area contributed by atoms with Crippen molar-refractivity contribution >= 4 is 17.4 Å². The lowest BCUT2D eigenvalue weighted by molar-refractivity contribution is 0.0791. The number of imidazole rings is 1. The maximum Gasteiger partial charge on any atom is 0.202 e. The highest BCUT2D eigenvalue weighted by Crippen LogP contribution is 2.32. The topological polar surface area (TPSA) is 60.9 Å². The van der Waals surface area contributed by atoms with Gasteiger partial charge in [0.15, 0.2) is 0 Å². The Bertz CT molecular complexity index is 381. The minimum atomic E-state index is -0.670. The van der Waals surface area contributed by atoms with Gasteiger partial charge in [-0.3, -0.25) is 4.79 Å². The summed E-state index contributed by atoms with van der Waals surface area (Å²) in [6.45, 7) is 0. The minimum Gasteiger partial charge on any atom is -0.319 e.